The van der Waals surface area contributed by atoms with Gasteiger partial charge < -0.3 is 4.90 Å². The molecule has 3 heteroatoms. The predicted molar refractivity (Wildman–Crippen MR) is 36.0 cm³/mol. The minimum Gasteiger partial charge on any atom is -0.376 e. The topological polar surface area (TPSA) is 32.7 Å². The number of hydrogen-bond donors (Lipinski definition) is 0. The van der Waals surface area contributed by atoms with Crippen molar-refractivity contribution in [1.29, 1.82) is 0 Å². The Morgan fingerprint density at radius 1 is 1.78 bits per heavy atom. The van der Waals surface area contributed by atoms with Gasteiger partial charge in [0.15, 0.2) is 0 Å². The van der Waals surface area contributed by atoms with E-state index in [-0.39, 0.29) is 6.04 Å². The smallest absolute Gasteiger partial charge is 0.111 e. The van der Waals surface area contributed by atoms with Crippen LogP contribution in [0.15, 0.2) is 18.0 Å². The van der Waals surface area contributed by atoms with Crippen molar-refractivity contribution in [3.05, 3.63) is 17.7 Å². The lowest BCUT2D eigenvalue weighted by atomic mass is 10.3. The lowest BCUT2D eigenvalue weighted by Gasteiger charge is -2.07. The zero-order valence-electron chi connectivity index (χ0n) is 5.29. The maximum atomic E-state index is 9.96. The van der Waals surface area contributed by atoms with Gasteiger partial charge in [0.05, 0.1) is 0 Å². The molecule has 1 atom stereocenters. The van der Waals surface area contributed by atoms with Gasteiger partial charge in [-0.1, -0.05) is 11.8 Å². The minimum absolute atomic E-state index is 0.00278. The van der Waals surface area contributed by atoms with Crippen molar-refractivity contribution in [2.24, 2.45) is 5.18 Å². The molecule has 1 aliphatic rings. The second kappa shape index (κ2) is 2.62. The van der Waals surface area contributed by atoms with Crippen molar-refractivity contribution in [2.75, 3.05) is 13.1 Å². The van der Waals surface area contributed by atoms with E-state index in [0.29, 0.717) is 0 Å². The van der Waals surface area contributed by atoms with E-state index in [2.05, 4.69) is 11.8 Å². The van der Waals surface area contributed by atoms with E-state index < -0.39 is 0 Å². The summed E-state index contributed by atoms with van der Waals surface area (Å²) < 4.78 is 0. The highest BCUT2D eigenvalue weighted by Gasteiger charge is 2.19. The van der Waals surface area contributed by atoms with Crippen molar-refractivity contribution >= 4 is 0 Å². The fourth-order valence-corrected chi connectivity index (χ4v) is 1.02. The third-order valence-electron chi connectivity index (χ3n) is 1.60. The van der Waals surface area contributed by atoms with Gasteiger partial charge in [0.1, 0.15) is 6.04 Å². The third-order valence-corrected chi connectivity index (χ3v) is 1.60. The average molecular weight is 126 g/mol. The summed E-state index contributed by atoms with van der Waals surface area (Å²) in [5, 5.41) is 2.95. The lowest BCUT2D eigenvalue weighted by Crippen LogP contribution is -2.13. The third kappa shape index (κ3) is 1.28. The van der Waals surface area contributed by atoms with Crippen LogP contribution in [0.1, 0.15) is 6.42 Å². The minimum atomic E-state index is 0.00278. The van der Waals surface area contributed by atoms with Crippen molar-refractivity contribution in [2.45, 2.75) is 12.5 Å². The predicted octanol–water partition coefficient (Wildman–Crippen LogP) is 0.971. The van der Waals surface area contributed by atoms with Crippen LogP contribution in [0, 0.1) is 4.91 Å². The van der Waals surface area contributed by atoms with Crippen molar-refractivity contribution in [1.82, 2.24) is 4.90 Å². The molecule has 1 saturated heterocycles. The monoisotopic (exact) mass is 126 g/mol. The zero-order valence-corrected chi connectivity index (χ0v) is 5.29. The fourth-order valence-electron chi connectivity index (χ4n) is 1.02. The summed E-state index contributed by atoms with van der Waals surface area (Å²) in [7, 11) is 0. The van der Waals surface area contributed by atoms with Crippen LogP contribution in [0.4, 0.5) is 0 Å². The molecule has 0 spiro atoms. The summed E-state index contributed by atoms with van der Waals surface area (Å²) >= 11 is 0. The lowest BCUT2D eigenvalue weighted by molar-refractivity contribution is 0.461. The van der Waals surface area contributed by atoms with Crippen LogP contribution < -0.4 is 0 Å². The molecule has 0 N–H and O–H groups in total. The molecule has 0 aliphatic carbocycles. The fraction of sp³-hybridized carbons (Fsp3) is 0.667. The molecular formula is C6H10N2O. The standard InChI is InChI=1S/C6H10N2O/c1-2-8-4-3-6(5-8)7-9/h2,6H,1,3-5H2. The highest BCUT2D eigenvalue weighted by molar-refractivity contribution is 4.85. The van der Waals surface area contributed by atoms with Crippen molar-refractivity contribution in [3.8, 4) is 0 Å². The zero-order chi connectivity index (χ0) is 6.69. The first kappa shape index (κ1) is 6.26. The Morgan fingerprint density at radius 2 is 2.56 bits per heavy atom. The maximum absolute atomic E-state index is 9.96. The van der Waals surface area contributed by atoms with Gasteiger partial charge in [-0.25, -0.2) is 0 Å². The summed E-state index contributed by atoms with van der Waals surface area (Å²) in [6.07, 6.45) is 2.64. The van der Waals surface area contributed by atoms with Gasteiger partial charge in [-0.2, -0.15) is 4.91 Å². The molecule has 3 nitrogen and oxygen atoms in total. The molecule has 9 heavy (non-hydrogen) atoms. The Labute approximate surface area is 54.3 Å². The SMILES string of the molecule is C=CN1CCC(N=O)C1. The molecule has 0 amide bonds. The summed E-state index contributed by atoms with van der Waals surface area (Å²) in [6.45, 7) is 5.28. The van der Waals surface area contributed by atoms with Gasteiger partial charge in [0.2, 0.25) is 0 Å². The van der Waals surface area contributed by atoms with E-state index in [9.17, 15) is 4.91 Å². The molecule has 1 unspecified atom stereocenters. The normalized spacial score (nSPS) is 26.2. The second-order valence-electron chi connectivity index (χ2n) is 2.23. The van der Waals surface area contributed by atoms with Crippen LogP contribution in [0.5, 0.6) is 0 Å². The number of nitroso groups, excluding NO2 is 1. The first-order valence-electron chi connectivity index (χ1n) is 3.06. The molecule has 0 saturated carbocycles. The quantitative estimate of drug-likeness (QED) is 0.516. The Balaban J connectivity index is 2.36. The molecule has 1 fully saturated rings. The van der Waals surface area contributed by atoms with Crippen LogP contribution >= 0.6 is 0 Å². The maximum Gasteiger partial charge on any atom is 0.111 e. The Bertz CT molecular complexity index is 110. The highest BCUT2D eigenvalue weighted by Crippen LogP contribution is 2.11. The molecule has 1 rings (SSSR count). The van der Waals surface area contributed by atoms with Gasteiger partial charge in [-0.15, -0.1) is 0 Å². The largest absolute Gasteiger partial charge is 0.376 e. The van der Waals surface area contributed by atoms with Gasteiger partial charge >= 0.3 is 0 Å². The van der Waals surface area contributed by atoms with Gasteiger partial charge in [0, 0.05) is 13.1 Å². The molecule has 0 aromatic rings. The summed E-state index contributed by atoms with van der Waals surface area (Å²) in [5.74, 6) is 0. The van der Waals surface area contributed by atoms with Crippen LogP contribution in [0.25, 0.3) is 0 Å². The molecule has 0 radical (unpaired) electrons. The van der Waals surface area contributed by atoms with Crippen LogP contribution in [-0.4, -0.2) is 24.0 Å². The summed E-state index contributed by atoms with van der Waals surface area (Å²) in [5.41, 5.74) is 0. The molecule has 0 aromatic carbocycles. The van der Waals surface area contributed by atoms with Gasteiger partial charge in [-0.05, 0) is 12.6 Å². The molecule has 1 aliphatic heterocycles. The van der Waals surface area contributed by atoms with E-state index in [0.717, 1.165) is 19.5 Å². The molecule has 50 valence electrons. The first-order chi connectivity index (χ1) is 4.36. The van der Waals surface area contributed by atoms with Crippen LogP contribution in [-0.2, 0) is 0 Å². The molecule has 0 bridgehead atoms. The molecule has 0 aromatic heterocycles. The van der Waals surface area contributed by atoms with E-state index in [1.165, 1.54) is 0 Å². The molecule has 1 heterocycles. The Kier molecular flexibility index (Phi) is 1.82. The van der Waals surface area contributed by atoms with Crippen LogP contribution in [0.2, 0.25) is 0 Å². The van der Waals surface area contributed by atoms with Gasteiger partial charge in [-0.3, -0.25) is 0 Å². The van der Waals surface area contributed by atoms with E-state index >= 15 is 0 Å². The van der Waals surface area contributed by atoms with E-state index in [1.807, 2.05) is 4.90 Å². The Morgan fingerprint density at radius 3 is 2.89 bits per heavy atom. The van der Waals surface area contributed by atoms with Crippen molar-refractivity contribution in [3.63, 3.8) is 0 Å². The van der Waals surface area contributed by atoms with Crippen LogP contribution in [0.3, 0.4) is 0 Å². The number of nitrogens with zero attached hydrogens (tertiary/aromatic N) is 2. The molecular weight excluding hydrogens is 116 g/mol. The number of rotatable bonds is 2. The van der Waals surface area contributed by atoms with Gasteiger partial charge in [0.25, 0.3) is 0 Å². The van der Waals surface area contributed by atoms with E-state index in [4.69, 9.17) is 0 Å². The summed E-state index contributed by atoms with van der Waals surface area (Å²) in [4.78, 5) is 12.0. The Hall–Kier alpha value is -0.860. The summed E-state index contributed by atoms with van der Waals surface area (Å²) in [6, 6.07) is 0.00278. The number of likely N-dealkylation sites (tertiary alicyclic amines) is 1. The first-order valence-corrected chi connectivity index (χ1v) is 3.06. The average Bonchev–Trinajstić information content (AvgIpc) is 2.34. The highest BCUT2D eigenvalue weighted by atomic mass is 16.3. The van der Waals surface area contributed by atoms with E-state index in [1.54, 1.807) is 6.20 Å². The van der Waals surface area contributed by atoms with Crippen molar-refractivity contribution < 1.29 is 0 Å². The number of hydrogen-bond acceptors (Lipinski definition) is 3. The second-order valence-corrected chi connectivity index (χ2v) is 2.23.